The second-order valence-electron chi connectivity index (χ2n) is 6.35. The highest BCUT2D eigenvalue weighted by molar-refractivity contribution is 14.1. The number of aromatic nitrogens is 2. The first-order valence-corrected chi connectivity index (χ1v) is 9.09. The molecule has 0 radical (unpaired) electrons. The van der Waals surface area contributed by atoms with Crippen molar-refractivity contribution in [3.05, 3.63) is 25.4 Å². The molecule has 2 fully saturated rings. The molecule has 1 N–H and O–H groups in total. The van der Waals surface area contributed by atoms with E-state index in [1.165, 1.54) is 19.3 Å². The lowest BCUT2D eigenvalue weighted by molar-refractivity contribution is -0.0519. The van der Waals surface area contributed by atoms with E-state index in [2.05, 4.69) is 27.6 Å². The summed E-state index contributed by atoms with van der Waals surface area (Å²) in [6.45, 7) is 0. The fraction of sp³-hybridized carbons (Fsp3) is 0.750. The predicted molar refractivity (Wildman–Crippen MR) is 90.6 cm³/mol. The van der Waals surface area contributed by atoms with Gasteiger partial charge in [0.2, 0.25) is 0 Å². The quantitative estimate of drug-likeness (QED) is 0.782. The van der Waals surface area contributed by atoms with Crippen LogP contribution >= 0.6 is 22.6 Å². The first-order chi connectivity index (χ1) is 10.2. The van der Waals surface area contributed by atoms with E-state index in [1.54, 1.807) is 7.11 Å². The molecule has 0 bridgehead atoms. The number of hydrogen-bond donors (Lipinski definition) is 1. The van der Waals surface area contributed by atoms with Gasteiger partial charge in [-0.25, -0.2) is 4.98 Å². The highest BCUT2D eigenvalue weighted by Crippen LogP contribution is 2.40. The maximum Gasteiger partial charge on any atom is 0.264 e. The zero-order valence-electron chi connectivity index (χ0n) is 12.6. The average Bonchev–Trinajstić information content (AvgIpc) is 3.04. The van der Waals surface area contributed by atoms with Crippen molar-refractivity contribution in [1.29, 1.82) is 0 Å². The molecular formula is C16H23IN2O2. The second-order valence-corrected chi connectivity index (χ2v) is 7.43. The molecule has 0 aliphatic heterocycles. The minimum absolute atomic E-state index is 0.00417. The Balaban J connectivity index is 2.04. The number of hydrogen-bond acceptors (Lipinski definition) is 3. The molecule has 116 valence electrons. The van der Waals surface area contributed by atoms with Gasteiger partial charge in [-0.2, -0.15) is 0 Å². The number of H-pyrrole nitrogens is 1. The van der Waals surface area contributed by atoms with E-state index in [1.807, 2.05) is 0 Å². The van der Waals surface area contributed by atoms with E-state index in [0.29, 0.717) is 5.92 Å². The van der Waals surface area contributed by atoms with Gasteiger partial charge in [0.25, 0.3) is 5.56 Å². The standard InChI is InChI=1S/C16H23IN2O2/c1-21-16(9-5-2-6-10-16)15-18-13(11-7-3-4-8-11)12(17)14(20)19-15/h11H,2-10H2,1H3,(H,18,19,20). The van der Waals surface area contributed by atoms with Gasteiger partial charge in [0.05, 0.1) is 9.26 Å². The fourth-order valence-electron chi connectivity index (χ4n) is 3.82. The van der Waals surface area contributed by atoms with Crippen LogP contribution in [0, 0.1) is 3.57 Å². The van der Waals surface area contributed by atoms with Crippen LogP contribution in [-0.2, 0) is 10.3 Å². The summed E-state index contributed by atoms with van der Waals surface area (Å²) in [4.78, 5) is 20.3. The maximum atomic E-state index is 12.4. The lowest BCUT2D eigenvalue weighted by Gasteiger charge is -2.35. The van der Waals surface area contributed by atoms with Crippen LogP contribution in [0.5, 0.6) is 0 Å². The summed E-state index contributed by atoms with van der Waals surface area (Å²) in [6.07, 6.45) is 10.3. The van der Waals surface area contributed by atoms with Crippen molar-refractivity contribution in [3.63, 3.8) is 0 Å². The Hall–Kier alpha value is -0.430. The third kappa shape index (κ3) is 2.91. The van der Waals surface area contributed by atoms with Crippen LogP contribution in [0.15, 0.2) is 4.79 Å². The molecule has 0 atom stereocenters. The molecule has 2 saturated carbocycles. The van der Waals surface area contributed by atoms with Crippen molar-refractivity contribution < 1.29 is 4.74 Å². The smallest absolute Gasteiger partial charge is 0.264 e. The SMILES string of the molecule is COC1(c2nc(C3CCCC3)c(I)c(=O)[nH]2)CCCCC1. The molecule has 5 heteroatoms. The number of aromatic amines is 1. The van der Waals surface area contributed by atoms with Crippen molar-refractivity contribution in [3.8, 4) is 0 Å². The van der Waals surface area contributed by atoms with E-state index >= 15 is 0 Å². The highest BCUT2D eigenvalue weighted by Gasteiger charge is 2.37. The van der Waals surface area contributed by atoms with E-state index in [-0.39, 0.29) is 11.2 Å². The highest BCUT2D eigenvalue weighted by atomic mass is 127. The monoisotopic (exact) mass is 402 g/mol. The second kappa shape index (κ2) is 6.36. The number of methoxy groups -OCH3 is 1. The maximum absolute atomic E-state index is 12.4. The summed E-state index contributed by atoms with van der Waals surface area (Å²) in [7, 11) is 1.75. The number of rotatable bonds is 3. The number of ether oxygens (including phenoxy) is 1. The zero-order valence-corrected chi connectivity index (χ0v) is 14.7. The minimum Gasteiger partial charge on any atom is -0.370 e. The van der Waals surface area contributed by atoms with Gasteiger partial charge in [-0.05, 0) is 48.3 Å². The molecule has 2 aliphatic rings. The summed E-state index contributed by atoms with van der Waals surface area (Å²) in [5.74, 6) is 1.22. The minimum atomic E-state index is -0.380. The molecule has 0 amide bonds. The molecule has 2 aliphatic carbocycles. The van der Waals surface area contributed by atoms with E-state index in [9.17, 15) is 4.79 Å². The third-order valence-electron chi connectivity index (χ3n) is 5.11. The molecule has 21 heavy (non-hydrogen) atoms. The molecule has 0 unspecified atom stereocenters. The zero-order chi connectivity index (χ0) is 14.9. The lowest BCUT2D eigenvalue weighted by atomic mass is 9.83. The molecule has 1 aromatic rings. The van der Waals surface area contributed by atoms with Gasteiger partial charge in [0.15, 0.2) is 0 Å². The lowest BCUT2D eigenvalue weighted by Crippen LogP contribution is -2.36. The molecule has 1 aromatic heterocycles. The van der Waals surface area contributed by atoms with Crippen LogP contribution in [0.1, 0.15) is 75.2 Å². The van der Waals surface area contributed by atoms with Crippen molar-refractivity contribution in [1.82, 2.24) is 9.97 Å². The van der Waals surface area contributed by atoms with Gasteiger partial charge < -0.3 is 9.72 Å². The molecule has 0 saturated heterocycles. The van der Waals surface area contributed by atoms with Crippen molar-refractivity contribution in [2.24, 2.45) is 0 Å². The third-order valence-corrected chi connectivity index (χ3v) is 6.16. The molecule has 0 spiro atoms. The fourth-order valence-corrected chi connectivity index (χ4v) is 4.52. The Morgan fingerprint density at radius 2 is 1.86 bits per heavy atom. The topological polar surface area (TPSA) is 55.0 Å². The van der Waals surface area contributed by atoms with Crippen LogP contribution < -0.4 is 5.56 Å². The molecular weight excluding hydrogens is 379 g/mol. The molecule has 0 aromatic carbocycles. The Kier molecular flexibility index (Phi) is 4.69. The molecule has 3 rings (SSSR count). The Morgan fingerprint density at radius 1 is 1.19 bits per heavy atom. The Bertz CT molecular complexity index is 558. The van der Waals surface area contributed by atoms with Gasteiger partial charge in [-0.1, -0.05) is 32.1 Å². The van der Waals surface area contributed by atoms with Crippen LogP contribution in [0.2, 0.25) is 0 Å². The van der Waals surface area contributed by atoms with Crippen LogP contribution in [0.25, 0.3) is 0 Å². The van der Waals surface area contributed by atoms with Crippen molar-refractivity contribution >= 4 is 22.6 Å². The predicted octanol–water partition coefficient (Wildman–Crippen LogP) is 3.84. The summed E-state index contributed by atoms with van der Waals surface area (Å²) in [5.41, 5.74) is 0.633. The summed E-state index contributed by atoms with van der Waals surface area (Å²) < 4.78 is 6.61. The Morgan fingerprint density at radius 3 is 2.48 bits per heavy atom. The van der Waals surface area contributed by atoms with E-state index in [0.717, 1.165) is 53.6 Å². The van der Waals surface area contributed by atoms with Gasteiger partial charge in [-0.15, -0.1) is 0 Å². The van der Waals surface area contributed by atoms with Gasteiger partial charge in [-0.3, -0.25) is 4.79 Å². The summed E-state index contributed by atoms with van der Waals surface area (Å²) in [5, 5.41) is 0. The van der Waals surface area contributed by atoms with Crippen molar-refractivity contribution in [2.45, 2.75) is 69.3 Å². The van der Waals surface area contributed by atoms with E-state index < -0.39 is 0 Å². The van der Waals surface area contributed by atoms with Gasteiger partial charge >= 0.3 is 0 Å². The number of halogens is 1. The Labute approximate surface area is 139 Å². The van der Waals surface area contributed by atoms with Crippen LogP contribution in [0.4, 0.5) is 0 Å². The number of nitrogens with one attached hydrogen (secondary N) is 1. The van der Waals surface area contributed by atoms with Crippen LogP contribution in [-0.4, -0.2) is 17.1 Å². The average molecular weight is 402 g/mol. The van der Waals surface area contributed by atoms with Crippen molar-refractivity contribution in [2.75, 3.05) is 7.11 Å². The molecule has 1 heterocycles. The van der Waals surface area contributed by atoms with E-state index in [4.69, 9.17) is 9.72 Å². The van der Waals surface area contributed by atoms with Crippen LogP contribution in [0.3, 0.4) is 0 Å². The summed E-state index contributed by atoms with van der Waals surface area (Å²) >= 11 is 2.15. The first kappa shape index (κ1) is 15.5. The molecule has 4 nitrogen and oxygen atoms in total. The normalized spacial score (nSPS) is 22.6. The van der Waals surface area contributed by atoms with Gasteiger partial charge in [0.1, 0.15) is 11.4 Å². The largest absolute Gasteiger partial charge is 0.370 e. The number of nitrogens with zero attached hydrogens (tertiary/aromatic N) is 1. The first-order valence-electron chi connectivity index (χ1n) is 8.01. The van der Waals surface area contributed by atoms with Gasteiger partial charge in [0, 0.05) is 13.0 Å². The summed E-state index contributed by atoms with van der Waals surface area (Å²) in [6, 6.07) is 0.